The molecule has 0 aliphatic carbocycles. The number of unbranched alkanes of at least 4 members (excludes halogenated alkanes) is 15. The van der Waals surface area contributed by atoms with Crippen LogP contribution in [0.2, 0.25) is 0 Å². The van der Waals surface area contributed by atoms with Gasteiger partial charge in [-0.2, -0.15) is 5.11 Å². The molecule has 2 aromatic rings. The number of benzene rings is 1. The summed E-state index contributed by atoms with van der Waals surface area (Å²) in [6, 6.07) is 12.7. The Hall–Kier alpha value is -1.66. The normalized spacial score (nSPS) is 10.6. The van der Waals surface area contributed by atoms with E-state index in [0.717, 1.165) is 5.69 Å². The summed E-state index contributed by atoms with van der Waals surface area (Å²) in [6.07, 6.45) is 23.3. The predicted octanol–water partition coefficient (Wildman–Crippen LogP) is 10.7. The summed E-state index contributed by atoms with van der Waals surface area (Å²) in [6.45, 7) is 2.29. The minimum Gasteiger partial charge on any atom is -0.384 e. The van der Waals surface area contributed by atoms with Crippen LogP contribution in [0.3, 0.4) is 0 Å². The molecule has 2 rings (SSSR count). The Morgan fingerprint density at radius 2 is 1.11 bits per heavy atom. The number of halogens is 2. The Morgan fingerprint density at radius 3 is 1.56 bits per heavy atom. The summed E-state index contributed by atoms with van der Waals surface area (Å²) in [4.78, 5) is 3.89. The zero-order valence-corrected chi connectivity index (χ0v) is 24.7. The van der Waals surface area contributed by atoms with Crippen molar-refractivity contribution in [3.63, 3.8) is 0 Å². The van der Waals surface area contributed by atoms with Crippen LogP contribution >= 0.6 is 28.3 Å². The number of anilines is 2. The number of azo groups is 1. The molecule has 0 fully saturated rings. The van der Waals surface area contributed by atoms with Crippen molar-refractivity contribution in [1.82, 2.24) is 4.98 Å². The molecule has 0 aliphatic rings. The van der Waals surface area contributed by atoms with E-state index in [0.29, 0.717) is 11.5 Å². The van der Waals surface area contributed by atoms with Gasteiger partial charge in [0.2, 0.25) is 0 Å². The van der Waals surface area contributed by atoms with E-state index in [1.165, 1.54) is 108 Å². The molecule has 204 valence electrons. The van der Waals surface area contributed by atoms with Crippen LogP contribution in [-0.2, 0) is 0 Å². The molecule has 0 radical (unpaired) electrons. The van der Waals surface area contributed by atoms with Crippen molar-refractivity contribution >= 4 is 51.3 Å². The van der Waals surface area contributed by atoms with Crippen LogP contribution in [0.1, 0.15) is 110 Å². The molecule has 0 atom stereocenters. The molecule has 1 heterocycles. The minimum absolute atomic E-state index is 0. The highest BCUT2D eigenvalue weighted by Crippen LogP contribution is 2.23. The lowest BCUT2D eigenvalue weighted by Gasteiger charge is -2.03. The SMILES string of the molecule is CCCCCCCCCCCCCCCCCCBr.Cl.Nc1ccc(N=Nc2ccccc2)c(N)n1. The summed E-state index contributed by atoms with van der Waals surface area (Å²) in [7, 11) is 0. The molecule has 5 nitrogen and oxygen atoms in total. The van der Waals surface area contributed by atoms with Crippen molar-refractivity contribution in [2.45, 2.75) is 110 Å². The smallest absolute Gasteiger partial charge is 0.153 e. The Bertz CT molecular complexity index is 758. The topological polar surface area (TPSA) is 89.6 Å². The molecular formula is C29H49BrClN5. The fraction of sp³-hybridized carbons (Fsp3) is 0.621. The van der Waals surface area contributed by atoms with Crippen LogP contribution in [0.5, 0.6) is 0 Å². The summed E-state index contributed by atoms with van der Waals surface area (Å²) >= 11 is 3.49. The second-order valence-corrected chi connectivity index (χ2v) is 9.96. The highest BCUT2D eigenvalue weighted by atomic mass is 79.9. The van der Waals surface area contributed by atoms with Crippen molar-refractivity contribution in [3.8, 4) is 0 Å². The third-order valence-electron chi connectivity index (χ3n) is 5.94. The van der Waals surface area contributed by atoms with E-state index in [1.807, 2.05) is 30.3 Å². The highest BCUT2D eigenvalue weighted by molar-refractivity contribution is 9.09. The van der Waals surface area contributed by atoms with Crippen molar-refractivity contribution in [1.29, 1.82) is 0 Å². The van der Waals surface area contributed by atoms with Gasteiger partial charge in [0, 0.05) is 5.33 Å². The molecule has 0 unspecified atom stereocenters. The summed E-state index contributed by atoms with van der Waals surface area (Å²) in [5.74, 6) is 0.649. The number of pyridine rings is 1. The summed E-state index contributed by atoms with van der Waals surface area (Å²) < 4.78 is 0. The van der Waals surface area contributed by atoms with Gasteiger partial charge in [-0.15, -0.1) is 17.5 Å². The van der Waals surface area contributed by atoms with E-state index in [1.54, 1.807) is 12.1 Å². The second kappa shape index (κ2) is 25.0. The maximum absolute atomic E-state index is 5.64. The van der Waals surface area contributed by atoms with Crippen molar-refractivity contribution in [2.75, 3.05) is 16.8 Å². The average molecular weight is 583 g/mol. The lowest BCUT2D eigenvalue weighted by atomic mass is 10.0. The molecule has 0 saturated carbocycles. The predicted molar refractivity (Wildman–Crippen MR) is 164 cm³/mol. The van der Waals surface area contributed by atoms with Gasteiger partial charge >= 0.3 is 0 Å². The van der Waals surface area contributed by atoms with E-state index in [2.05, 4.69) is 38.1 Å². The number of nitrogens with zero attached hydrogens (tertiary/aromatic N) is 3. The maximum Gasteiger partial charge on any atom is 0.153 e. The quantitative estimate of drug-likeness (QED) is 0.104. The maximum atomic E-state index is 5.64. The average Bonchev–Trinajstić information content (AvgIpc) is 2.87. The Labute approximate surface area is 234 Å². The molecule has 0 spiro atoms. The Morgan fingerprint density at radius 1 is 0.639 bits per heavy atom. The van der Waals surface area contributed by atoms with Gasteiger partial charge in [0.05, 0.1) is 5.69 Å². The van der Waals surface area contributed by atoms with E-state index in [9.17, 15) is 0 Å². The highest BCUT2D eigenvalue weighted by Gasteiger charge is 1.99. The molecule has 4 N–H and O–H groups in total. The molecule has 1 aromatic carbocycles. The first-order valence-corrected chi connectivity index (χ1v) is 14.8. The molecule has 1 aromatic heterocycles. The van der Waals surface area contributed by atoms with Crippen molar-refractivity contribution in [2.24, 2.45) is 10.2 Å². The van der Waals surface area contributed by atoms with Crippen LogP contribution in [0.15, 0.2) is 52.7 Å². The number of rotatable bonds is 18. The number of hydrogen-bond acceptors (Lipinski definition) is 5. The van der Waals surface area contributed by atoms with Gasteiger partial charge in [0.25, 0.3) is 0 Å². The Balaban J connectivity index is 0.000000668. The lowest BCUT2D eigenvalue weighted by molar-refractivity contribution is 0.532. The van der Waals surface area contributed by atoms with Gasteiger partial charge < -0.3 is 11.5 Å². The van der Waals surface area contributed by atoms with Gasteiger partial charge in [-0.3, -0.25) is 0 Å². The monoisotopic (exact) mass is 581 g/mol. The Kier molecular flexibility index (Phi) is 23.9. The molecule has 0 saturated heterocycles. The van der Waals surface area contributed by atoms with Crippen LogP contribution in [0.25, 0.3) is 0 Å². The van der Waals surface area contributed by atoms with Gasteiger partial charge in [-0.1, -0.05) is 137 Å². The summed E-state index contributed by atoms with van der Waals surface area (Å²) in [5, 5.41) is 9.22. The largest absolute Gasteiger partial charge is 0.384 e. The lowest BCUT2D eigenvalue weighted by Crippen LogP contribution is -1.95. The first-order chi connectivity index (χ1) is 17.2. The van der Waals surface area contributed by atoms with Crippen LogP contribution in [0.4, 0.5) is 23.0 Å². The van der Waals surface area contributed by atoms with Crippen LogP contribution in [0, 0.1) is 0 Å². The molecular weight excluding hydrogens is 534 g/mol. The van der Waals surface area contributed by atoms with E-state index < -0.39 is 0 Å². The third kappa shape index (κ3) is 19.5. The second-order valence-electron chi connectivity index (χ2n) is 9.17. The zero-order chi connectivity index (χ0) is 25.4. The fourth-order valence-electron chi connectivity index (χ4n) is 3.82. The number of nitrogen functional groups attached to an aromatic ring is 2. The first-order valence-electron chi connectivity index (χ1n) is 13.7. The van der Waals surface area contributed by atoms with Crippen molar-refractivity contribution in [3.05, 3.63) is 42.5 Å². The van der Waals surface area contributed by atoms with Gasteiger partial charge in [0.1, 0.15) is 11.5 Å². The van der Waals surface area contributed by atoms with E-state index >= 15 is 0 Å². The molecule has 0 aliphatic heterocycles. The van der Waals surface area contributed by atoms with Crippen molar-refractivity contribution < 1.29 is 0 Å². The third-order valence-corrected chi connectivity index (χ3v) is 6.50. The summed E-state index contributed by atoms with van der Waals surface area (Å²) in [5.41, 5.74) is 12.4. The van der Waals surface area contributed by atoms with Crippen LogP contribution < -0.4 is 11.5 Å². The number of nitrogens with two attached hydrogens (primary N) is 2. The standard InChI is InChI=1S/C18H37Br.C11H11N5.ClH/c1-2-3-4-5-6-7-8-9-10-11-12-13-14-15-16-17-18-19;12-10-7-6-9(11(13)14-10)16-15-8-4-2-1-3-5-8;/h2-18H2,1H3;1-7H,(H4,12,13,14);1H. The molecule has 0 bridgehead atoms. The van der Waals surface area contributed by atoms with E-state index in [-0.39, 0.29) is 18.2 Å². The number of aromatic nitrogens is 1. The van der Waals surface area contributed by atoms with Gasteiger partial charge in [0.15, 0.2) is 5.82 Å². The molecule has 0 amide bonds. The van der Waals surface area contributed by atoms with E-state index in [4.69, 9.17) is 11.5 Å². The molecule has 7 heteroatoms. The number of alkyl halides is 1. The first kappa shape index (κ1) is 34.3. The minimum atomic E-state index is 0. The fourth-order valence-corrected chi connectivity index (χ4v) is 4.21. The molecule has 36 heavy (non-hydrogen) atoms. The number of hydrogen-bond donors (Lipinski definition) is 2. The zero-order valence-electron chi connectivity index (χ0n) is 22.3. The van der Waals surface area contributed by atoms with Gasteiger partial charge in [-0.05, 0) is 30.7 Å². The van der Waals surface area contributed by atoms with Crippen LogP contribution in [-0.4, -0.2) is 10.3 Å². The van der Waals surface area contributed by atoms with Gasteiger partial charge in [-0.25, -0.2) is 4.98 Å².